The molecule has 0 aliphatic carbocycles. The van der Waals surface area contributed by atoms with Crippen LogP contribution in [-0.2, 0) is 0 Å². The maximum absolute atomic E-state index is 13.2. The number of hydrogen-bond donors (Lipinski definition) is 1. The normalized spacial score (nSPS) is 11.5. The highest BCUT2D eigenvalue weighted by molar-refractivity contribution is 6.34. The van der Waals surface area contributed by atoms with Crippen molar-refractivity contribution in [3.05, 3.63) is 45.9 Å². The van der Waals surface area contributed by atoms with Crippen LogP contribution in [0.1, 0.15) is 32.7 Å². The summed E-state index contributed by atoms with van der Waals surface area (Å²) in [5.41, 5.74) is 1.92. The van der Waals surface area contributed by atoms with Gasteiger partial charge in [0.05, 0.1) is 22.4 Å². The highest BCUT2D eigenvalue weighted by Crippen LogP contribution is 2.33. The van der Waals surface area contributed by atoms with Crippen LogP contribution in [0.4, 0.5) is 4.39 Å². The molecular weight excluding hydrogens is 319 g/mol. The van der Waals surface area contributed by atoms with Gasteiger partial charge in [0, 0.05) is 17.8 Å². The molecular formula is C16H16ClFN4O. The number of aromatic amines is 1. The highest BCUT2D eigenvalue weighted by Gasteiger charge is 2.21. The summed E-state index contributed by atoms with van der Waals surface area (Å²) in [6, 6.07) is 2.89. The van der Waals surface area contributed by atoms with Crippen LogP contribution < -0.4 is 5.69 Å². The molecule has 3 aromatic rings. The molecule has 1 N–H and O–H groups in total. The van der Waals surface area contributed by atoms with Gasteiger partial charge in [-0.1, -0.05) is 25.4 Å². The molecule has 0 unspecified atom stereocenters. The van der Waals surface area contributed by atoms with Gasteiger partial charge in [-0.2, -0.15) is 0 Å². The Bertz CT molecular complexity index is 897. The summed E-state index contributed by atoms with van der Waals surface area (Å²) in [4.78, 5) is 23.5. The molecule has 5 nitrogen and oxygen atoms in total. The smallest absolute Gasteiger partial charge is 0.290 e. The van der Waals surface area contributed by atoms with Gasteiger partial charge in [0.15, 0.2) is 5.65 Å². The second-order valence-electron chi connectivity index (χ2n) is 5.31. The second kappa shape index (κ2) is 6.12. The predicted octanol–water partition coefficient (Wildman–Crippen LogP) is 3.94. The van der Waals surface area contributed by atoms with Crippen LogP contribution in [0, 0.1) is 5.82 Å². The lowest BCUT2D eigenvalue weighted by molar-refractivity contribution is 0.471. The zero-order chi connectivity index (χ0) is 16.6. The van der Waals surface area contributed by atoms with Crippen LogP contribution in [0.25, 0.3) is 22.4 Å². The number of pyridine rings is 2. The molecule has 0 atom stereocenters. The summed E-state index contributed by atoms with van der Waals surface area (Å²) in [7, 11) is 0. The maximum atomic E-state index is 13.2. The van der Waals surface area contributed by atoms with Gasteiger partial charge in [0.1, 0.15) is 5.82 Å². The van der Waals surface area contributed by atoms with Crippen molar-refractivity contribution >= 4 is 22.8 Å². The number of H-pyrrole nitrogens is 1. The molecule has 3 aromatic heterocycles. The monoisotopic (exact) mass is 334 g/mol. The number of fused-ring (bicyclic) bond motifs is 1. The maximum Gasteiger partial charge on any atom is 0.327 e. The van der Waals surface area contributed by atoms with Crippen LogP contribution in [0.2, 0.25) is 5.02 Å². The van der Waals surface area contributed by atoms with E-state index >= 15 is 0 Å². The molecule has 0 fully saturated rings. The summed E-state index contributed by atoms with van der Waals surface area (Å²) < 4.78 is 14.8. The predicted molar refractivity (Wildman–Crippen MR) is 88.2 cm³/mol. The first kappa shape index (κ1) is 15.7. The summed E-state index contributed by atoms with van der Waals surface area (Å²) in [5, 5.41) is 0.371. The third kappa shape index (κ3) is 2.63. The molecule has 0 amide bonds. The van der Waals surface area contributed by atoms with Crippen molar-refractivity contribution in [2.75, 3.05) is 0 Å². The van der Waals surface area contributed by atoms with E-state index in [0.29, 0.717) is 27.4 Å². The van der Waals surface area contributed by atoms with E-state index < -0.39 is 5.82 Å². The van der Waals surface area contributed by atoms with E-state index in [1.54, 1.807) is 10.6 Å². The summed E-state index contributed by atoms with van der Waals surface area (Å²) in [6.07, 6.45) is 4.19. The van der Waals surface area contributed by atoms with Gasteiger partial charge in [-0.3, -0.25) is 14.5 Å². The van der Waals surface area contributed by atoms with Crippen LogP contribution in [0.3, 0.4) is 0 Å². The van der Waals surface area contributed by atoms with Gasteiger partial charge in [-0.05, 0) is 25.0 Å². The van der Waals surface area contributed by atoms with Gasteiger partial charge < -0.3 is 0 Å². The standard InChI is InChI=1S/C16H16ClFN4O/c1-3-10(4-2)22-14-13(12-6-5-9(18)7-19-12)11(17)8-20-15(14)21-16(22)23/h5-8,10H,3-4H2,1-2H3,(H,20,21,23). The quantitative estimate of drug-likeness (QED) is 0.786. The van der Waals surface area contributed by atoms with E-state index in [9.17, 15) is 9.18 Å². The largest absolute Gasteiger partial charge is 0.327 e. The fraction of sp³-hybridized carbons (Fsp3) is 0.312. The number of aromatic nitrogens is 4. The molecule has 0 saturated carbocycles. The minimum atomic E-state index is -0.429. The van der Waals surface area contributed by atoms with E-state index in [0.717, 1.165) is 19.0 Å². The molecule has 3 heterocycles. The average molecular weight is 335 g/mol. The molecule has 0 radical (unpaired) electrons. The minimum Gasteiger partial charge on any atom is -0.290 e. The van der Waals surface area contributed by atoms with E-state index in [4.69, 9.17) is 11.6 Å². The van der Waals surface area contributed by atoms with E-state index in [-0.39, 0.29) is 11.7 Å². The van der Waals surface area contributed by atoms with Crippen molar-refractivity contribution in [2.45, 2.75) is 32.7 Å². The lowest BCUT2D eigenvalue weighted by Gasteiger charge is -2.16. The van der Waals surface area contributed by atoms with Crippen molar-refractivity contribution in [3.8, 4) is 11.3 Å². The Hall–Kier alpha value is -2.21. The molecule has 120 valence electrons. The Morgan fingerprint density at radius 1 is 1.26 bits per heavy atom. The Kier molecular flexibility index (Phi) is 4.17. The number of nitrogens with one attached hydrogen (secondary N) is 1. The average Bonchev–Trinajstić information content (AvgIpc) is 2.87. The van der Waals surface area contributed by atoms with E-state index in [1.807, 2.05) is 13.8 Å². The fourth-order valence-corrected chi connectivity index (χ4v) is 3.07. The summed E-state index contributed by atoms with van der Waals surface area (Å²) >= 11 is 6.32. The first-order valence-corrected chi connectivity index (χ1v) is 7.85. The van der Waals surface area contributed by atoms with Crippen LogP contribution in [-0.4, -0.2) is 19.5 Å². The molecule has 0 spiro atoms. The minimum absolute atomic E-state index is 0.0238. The first-order valence-electron chi connectivity index (χ1n) is 7.47. The highest BCUT2D eigenvalue weighted by atomic mass is 35.5. The van der Waals surface area contributed by atoms with Gasteiger partial charge in [-0.15, -0.1) is 0 Å². The number of nitrogens with zero attached hydrogens (tertiary/aromatic N) is 3. The molecule has 7 heteroatoms. The van der Waals surface area contributed by atoms with Gasteiger partial charge in [0.25, 0.3) is 0 Å². The van der Waals surface area contributed by atoms with Crippen molar-refractivity contribution < 1.29 is 4.39 Å². The Labute approximate surface area is 137 Å². The molecule has 0 bridgehead atoms. The molecule has 0 aliphatic heterocycles. The lowest BCUT2D eigenvalue weighted by Crippen LogP contribution is -2.21. The van der Waals surface area contributed by atoms with Crippen molar-refractivity contribution in [3.63, 3.8) is 0 Å². The fourth-order valence-electron chi connectivity index (χ4n) is 2.84. The Balaban J connectivity index is 2.38. The topological polar surface area (TPSA) is 63.6 Å². The Morgan fingerprint density at radius 3 is 2.61 bits per heavy atom. The molecule has 0 aromatic carbocycles. The molecule has 0 aliphatic rings. The Morgan fingerprint density at radius 2 is 2.00 bits per heavy atom. The second-order valence-corrected chi connectivity index (χ2v) is 5.72. The first-order chi connectivity index (χ1) is 11.1. The number of rotatable bonds is 4. The third-order valence-corrected chi connectivity index (χ3v) is 4.27. The van der Waals surface area contributed by atoms with Crippen molar-refractivity contribution in [1.82, 2.24) is 19.5 Å². The SMILES string of the molecule is CCC(CC)n1c(=O)[nH]c2ncc(Cl)c(-c3ccc(F)cn3)c21. The van der Waals surface area contributed by atoms with Gasteiger partial charge in [0.2, 0.25) is 0 Å². The third-order valence-electron chi connectivity index (χ3n) is 3.98. The summed E-state index contributed by atoms with van der Waals surface area (Å²) in [5.74, 6) is -0.429. The van der Waals surface area contributed by atoms with Crippen molar-refractivity contribution in [1.29, 1.82) is 0 Å². The van der Waals surface area contributed by atoms with Crippen LogP contribution in [0.15, 0.2) is 29.3 Å². The number of hydrogen-bond acceptors (Lipinski definition) is 3. The van der Waals surface area contributed by atoms with Crippen LogP contribution in [0.5, 0.6) is 0 Å². The molecule has 23 heavy (non-hydrogen) atoms. The van der Waals surface area contributed by atoms with Crippen molar-refractivity contribution in [2.24, 2.45) is 0 Å². The number of halogens is 2. The number of imidazole rings is 1. The van der Waals surface area contributed by atoms with E-state index in [1.165, 1.54) is 12.3 Å². The summed E-state index contributed by atoms with van der Waals surface area (Å²) in [6.45, 7) is 4.04. The molecule has 3 rings (SSSR count). The zero-order valence-electron chi connectivity index (χ0n) is 12.8. The lowest BCUT2D eigenvalue weighted by atomic mass is 10.1. The van der Waals surface area contributed by atoms with Crippen LogP contribution >= 0.6 is 11.6 Å². The molecule has 0 saturated heterocycles. The van der Waals surface area contributed by atoms with Gasteiger partial charge in [-0.25, -0.2) is 14.2 Å². The zero-order valence-corrected chi connectivity index (χ0v) is 13.6. The van der Waals surface area contributed by atoms with E-state index in [2.05, 4.69) is 15.0 Å². The van der Waals surface area contributed by atoms with Gasteiger partial charge >= 0.3 is 5.69 Å².